The number of hydrogen-bond donors (Lipinski definition) is 1. The van der Waals surface area contributed by atoms with E-state index in [1.165, 1.54) is 6.07 Å². The third kappa shape index (κ3) is 4.34. The van der Waals surface area contributed by atoms with Gasteiger partial charge in [0, 0.05) is 37.0 Å². The molecule has 1 heterocycles. The molecule has 1 aromatic carbocycles. The lowest BCUT2D eigenvalue weighted by atomic mass is 9.95. The fourth-order valence-corrected chi connectivity index (χ4v) is 2.47. The first-order valence-corrected chi connectivity index (χ1v) is 7.81. The minimum atomic E-state index is -0.369. The summed E-state index contributed by atoms with van der Waals surface area (Å²) in [5, 5.41) is 4.14. The van der Waals surface area contributed by atoms with Crippen molar-refractivity contribution in [1.29, 1.82) is 0 Å². The van der Waals surface area contributed by atoms with Crippen LogP contribution in [0.1, 0.15) is 27.2 Å². The van der Waals surface area contributed by atoms with Crippen molar-refractivity contribution in [3.8, 4) is 0 Å². The predicted molar refractivity (Wildman–Crippen MR) is 92.7 cm³/mol. The van der Waals surface area contributed by atoms with Crippen molar-refractivity contribution in [3.63, 3.8) is 0 Å². The molecule has 0 atom stereocenters. The highest BCUT2D eigenvalue weighted by molar-refractivity contribution is 5.89. The van der Waals surface area contributed by atoms with Gasteiger partial charge < -0.3 is 14.6 Å². The number of nitrogens with one attached hydrogen (secondary N) is 1. The molecule has 1 aromatic heterocycles. The number of hydrogen-bond acceptors (Lipinski definition) is 4. The molecule has 0 radical (unpaired) electrons. The summed E-state index contributed by atoms with van der Waals surface area (Å²) < 4.78 is 5.17. The molecule has 0 aliphatic carbocycles. The molecular formula is C18H24N2O3. The monoisotopic (exact) mass is 316 g/mol. The largest absolute Gasteiger partial charge is 0.423 e. The Labute approximate surface area is 136 Å². The molecule has 0 saturated heterocycles. The number of anilines is 1. The number of rotatable bonds is 5. The van der Waals surface area contributed by atoms with E-state index in [2.05, 4.69) is 5.32 Å². The predicted octanol–water partition coefficient (Wildman–Crippen LogP) is 3.10. The standard InChI is InChI=1S/C18H24N2O3/c1-18(2,3)17(22)20(4)11-7-10-19-14-12-16(21)23-15-9-6-5-8-13(14)15/h5-6,8-9,12,19H,7,10-11H2,1-4H3. The first-order chi connectivity index (χ1) is 10.8. The van der Waals surface area contributed by atoms with Crippen LogP contribution in [0.25, 0.3) is 11.0 Å². The van der Waals surface area contributed by atoms with Crippen LogP contribution in [0.4, 0.5) is 5.69 Å². The number of benzene rings is 1. The van der Waals surface area contributed by atoms with Crippen molar-refractivity contribution in [2.75, 3.05) is 25.5 Å². The number of amides is 1. The van der Waals surface area contributed by atoms with Crippen LogP contribution >= 0.6 is 0 Å². The zero-order valence-corrected chi connectivity index (χ0v) is 14.2. The van der Waals surface area contributed by atoms with Crippen molar-refractivity contribution in [2.45, 2.75) is 27.2 Å². The second kappa shape index (κ2) is 6.86. The highest BCUT2D eigenvalue weighted by Gasteiger charge is 2.24. The summed E-state index contributed by atoms with van der Waals surface area (Å²) in [7, 11) is 1.82. The van der Waals surface area contributed by atoms with E-state index >= 15 is 0 Å². The molecule has 1 N–H and O–H groups in total. The first-order valence-electron chi connectivity index (χ1n) is 7.81. The topological polar surface area (TPSA) is 62.6 Å². The first kappa shape index (κ1) is 17.1. The summed E-state index contributed by atoms with van der Waals surface area (Å²) in [5.74, 6) is 0.128. The van der Waals surface area contributed by atoms with Crippen molar-refractivity contribution >= 4 is 22.6 Å². The van der Waals surface area contributed by atoms with Crippen molar-refractivity contribution in [1.82, 2.24) is 4.90 Å². The number of carbonyl (C=O) groups is 1. The van der Waals surface area contributed by atoms with Gasteiger partial charge in [-0.1, -0.05) is 32.9 Å². The number of carbonyl (C=O) groups excluding carboxylic acids is 1. The Morgan fingerprint density at radius 2 is 1.96 bits per heavy atom. The van der Waals surface area contributed by atoms with Gasteiger partial charge in [0.1, 0.15) is 5.58 Å². The van der Waals surface area contributed by atoms with Gasteiger partial charge in [0.05, 0.1) is 5.69 Å². The number of fused-ring (bicyclic) bond motifs is 1. The Bertz CT molecular complexity index is 744. The summed E-state index contributed by atoms with van der Waals surface area (Å²) in [6, 6.07) is 8.89. The second-order valence-electron chi connectivity index (χ2n) is 6.73. The second-order valence-corrected chi connectivity index (χ2v) is 6.73. The third-order valence-electron chi connectivity index (χ3n) is 3.62. The molecule has 0 spiro atoms. The highest BCUT2D eigenvalue weighted by Crippen LogP contribution is 2.21. The smallest absolute Gasteiger partial charge is 0.338 e. The molecule has 23 heavy (non-hydrogen) atoms. The van der Waals surface area contributed by atoms with Gasteiger partial charge in [-0.2, -0.15) is 0 Å². The van der Waals surface area contributed by atoms with E-state index in [0.29, 0.717) is 18.7 Å². The zero-order valence-electron chi connectivity index (χ0n) is 14.2. The molecular weight excluding hydrogens is 292 g/mol. The summed E-state index contributed by atoms with van der Waals surface area (Å²) in [6.45, 7) is 7.09. The van der Waals surface area contributed by atoms with E-state index in [1.807, 2.05) is 46.0 Å². The van der Waals surface area contributed by atoms with Crippen LogP contribution in [0.15, 0.2) is 39.5 Å². The van der Waals surface area contributed by atoms with Crippen LogP contribution in [-0.2, 0) is 4.79 Å². The van der Waals surface area contributed by atoms with Crippen molar-refractivity contribution in [2.24, 2.45) is 5.41 Å². The van der Waals surface area contributed by atoms with Crippen LogP contribution in [-0.4, -0.2) is 30.9 Å². The number of nitrogens with zero attached hydrogens (tertiary/aromatic N) is 1. The van der Waals surface area contributed by atoms with E-state index in [1.54, 1.807) is 11.0 Å². The Kier molecular flexibility index (Phi) is 5.08. The van der Waals surface area contributed by atoms with Gasteiger partial charge in [-0.3, -0.25) is 4.79 Å². The van der Waals surface area contributed by atoms with Crippen LogP contribution in [0.3, 0.4) is 0 Å². The lowest BCUT2D eigenvalue weighted by molar-refractivity contribution is -0.138. The van der Waals surface area contributed by atoms with Gasteiger partial charge in [0.25, 0.3) is 0 Å². The summed E-state index contributed by atoms with van der Waals surface area (Å²) in [6.07, 6.45) is 0.798. The van der Waals surface area contributed by atoms with Crippen molar-refractivity contribution < 1.29 is 9.21 Å². The molecule has 0 unspecified atom stereocenters. The van der Waals surface area contributed by atoms with E-state index in [4.69, 9.17) is 4.42 Å². The van der Waals surface area contributed by atoms with Crippen LogP contribution < -0.4 is 10.9 Å². The third-order valence-corrected chi connectivity index (χ3v) is 3.62. The van der Waals surface area contributed by atoms with Crippen molar-refractivity contribution in [3.05, 3.63) is 40.8 Å². The minimum Gasteiger partial charge on any atom is -0.423 e. The van der Waals surface area contributed by atoms with E-state index < -0.39 is 0 Å². The van der Waals surface area contributed by atoms with Crippen LogP contribution in [0, 0.1) is 5.41 Å². The Balaban J connectivity index is 1.95. The minimum absolute atomic E-state index is 0.128. The molecule has 2 aromatic rings. The molecule has 5 heteroatoms. The summed E-state index contributed by atoms with van der Waals surface area (Å²) in [5.41, 5.74) is 0.604. The van der Waals surface area contributed by atoms with Crippen LogP contribution in [0.5, 0.6) is 0 Å². The van der Waals surface area contributed by atoms with E-state index in [-0.39, 0.29) is 16.9 Å². The summed E-state index contributed by atoms with van der Waals surface area (Å²) in [4.78, 5) is 25.4. The van der Waals surface area contributed by atoms with Gasteiger partial charge in [0.2, 0.25) is 5.91 Å². The van der Waals surface area contributed by atoms with Gasteiger partial charge in [-0.25, -0.2) is 4.79 Å². The molecule has 0 aliphatic heterocycles. The maximum atomic E-state index is 12.1. The molecule has 0 bridgehead atoms. The molecule has 0 fully saturated rings. The Morgan fingerprint density at radius 1 is 1.26 bits per heavy atom. The van der Waals surface area contributed by atoms with Crippen LogP contribution in [0.2, 0.25) is 0 Å². The SMILES string of the molecule is CN(CCCNc1cc(=O)oc2ccccc12)C(=O)C(C)(C)C. The molecule has 0 saturated carbocycles. The molecule has 0 aliphatic rings. The maximum absolute atomic E-state index is 12.1. The Hall–Kier alpha value is -2.30. The average molecular weight is 316 g/mol. The van der Waals surface area contributed by atoms with Gasteiger partial charge in [-0.15, -0.1) is 0 Å². The highest BCUT2D eigenvalue weighted by atomic mass is 16.4. The van der Waals surface area contributed by atoms with Gasteiger partial charge in [-0.05, 0) is 18.6 Å². The van der Waals surface area contributed by atoms with Gasteiger partial charge in [0.15, 0.2) is 0 Å². The maximum Gasteiger partial charge on any atom is 0.338 e. The quantitative estimate of drug-likeness (QED) is 0.680. The molecule has 2 rings (SSSR count). The average Bonchev–Trinajstić information content (AvgIpc) is 2.49. The molecule has 5 nitrogen and oxygen atoms in total. The fourth-order valence-electron chi connectivity index (χ4n) is 2.47. The van der Waals surface area contributed by atoms with Gasteiger partial charge >= 0.3 is 5.63 Å². The molecule has 124 valence electrons. The summed E-state index contributed by atoms with van der Waals surface area (Å²) >= 11 is 0. The molecule has 1 amide bonds. The van der Waals surface area contributed by atoms with E-state index in [9.17, 15) is 9.59 Å². The Morgan fingerprint density at radius 3 is 2.65 bits per heavy atom. The fraction of sp³-hybridized carbons (Fsp3) is 0.444. The lowest BCUT2D eigenvalue weighted by Crippen LogP contribution is -2.37. The lowest BCUT2D eigenvalue weighted by Gasteiger charge is -2.26. The number of para-hydroxylation sites is 1. The zero-order chi connectivity index (χ0) is 17.0. The van der Waals surface area contributed by atoms with E-state index in [0.717, 1.165) is 17.5 Å². The normalized spacial score (nSPS) is 11.5.